The number of halogens is 1. The number of nitrogens with zero attached hydrogens (tertiary/aromatic N) is 1. The Morgan fingerprint density at radius 3 is 2.67 bits per heavy atom. The van der Waals surface area contributed by atoms with Gasteiger partial charge in [0.2, 0.25) is 11.8 Å². The van der Waals surface area contributed by atoms with Crippen molar-refractivity contribution in [2.75, 3.05) is 5.32 Å². The van der Waals surface area contributed by atoms with Crippen LogP contribution in [0, 0.1) is 5.92 Å². The quantitative estimate of drug-likeness (QED) is 0.907. The zero-order valence-electron chi connectivity index (χ0n) is 11.9. The van der Waals surface area contributed by atoms with Gasteiger partial charge in [0.05, 0.1) is 10.2 Å². The molecule has 2 rings (SSSR count). The zero-order valence-corrected chi connectivity index (χ0v) is 13.5. The number of aromatic nitrogens is 1. The fourth-order valence-electron chi connectivity index (χ4n) is 1.89. The van der Waals surface area contributed by atoms with E-state index in [-0.39, 0.29) is 17.7 Å². The maximum Gasteiger partial charge on any atom is 0.248 e. The first kappa shape index (κ1) is 15.7. The maximum absolute atomic E-state index is 12.2. The number of thiazole rings is 1. The molecule has 0 spiro atoms. The molecule has 5 nitrogen and oxygen atoms in total. The Labute approximate surface area is 131 Å². The van der Waals surface area contributed by atoms with Crippen molar-refractivity contribution in [1.29, 1.82) is 0 Å². The number of carbonyl (C=O) groups excluding carboxylic acids is 2. The second-order valence-corrected chi connectivity index (χ2v) is 6.51. The van der Waals surface area contributed by atoms with E-state index in [1.54, 1.807) is 18.2 Å². The molecule has 1 aromatic carbocycles. The van der Waals surface area contributed by atoms with Gasteiger partial charge in [0.15, 0.2) is 5.13 Å². The molecule has 0 saturated heterocycles. The van der Waals surface area contributed by atoms with Crippen LogP contribution in [0.15, 0.2) is 18.2 Å². The molecule has 0 fully saturated rings. The zero-order chi connectivity index (χ0) is 15.6. The van der Waals surface area contributed by atoms with E-state index >= 15 is 0 Å². The Hall–Kier alpha value is -1.66. The number of amides is 2. The van der Waals surface area contributed by atoms with Crippen molar-refractivity contribution in [2.45, 2.75) is 26.8 Å². The van der Waals surface area contributed by atoms with Crippen LogP contribution in [0.3, 0.4) is 0 Å². The van der Waals surface area contributed by atoms with Crippen LogP contribution >= 0.6 is 22.9 Å². The van der Waals surface area contributed by atoms with Gasteiger partial charge < -0.3 is 10.6 Å². The van der Waals surface area contributed by atoms with Gasteiger partial charge >= 0.3 is 0 Å². The molecule has 2 N–H and O–H groups in total. The van der Waals surface area contributed by atoms with Gasteiger partial charge in [-0.15, -0.1) is 0 Å². The largest absolute Gasteiger partial charge is 0.344 e. The predicted molar refractivity (Wildman–Crippen MR) is 85.7 cm³/mol. The lowest BCUT2D eigenvalue weighted by Crippen LogP contribution is -2.46. The van der Waals surface area contributed by atoms with Crippen molar-refractivity contribution in [3.63, 3.8) is 0 Å². The van der Waals surface area contributed by atoms with Crippen LogP contribution in [0.2, 0.25) is 5.02 Å². The lowest BCUT2D eigenvalue weighted by atomic mass is 10.0. The maximum atomic E-state index is 12.2. The van der Waals surface area contributed by atoms with Gasteiger partial charge in [-0.1, -0.05) is 36.8 Å². The van der Waals surface area contributed by atoms with E-state index in [1.165, 1.54) is 18.3 Å². The number of hydrogen-bond acceptors (Lipinski definition) is 4. The van der Waals surface area contributed by atoms with E-state index in [0.29, 0.717) is 10.2 Å². The van der Waals surface area contributed by atoms with Crippen molar-refractivity contribution in [3.05, 3.63) is 23.2 Å². The van der Waals surface area contributed by atoms with E-state index in [4.69, 9.17) is 11.6 Å². The summed E-state index contributed by atoms with van der Waals surface area (Å²) >= 11 is 7.27. The van der Waals surface area contributed by atoms with Crippen molar-refractivity contribution >= 4 is 50.1 Å². The number of rotatable bonds is 4. The van der Waals surface area contributed by atoms with Gasteiger partial charge in [-0.2, -0.15) is 0 Å². The minimum Gasteiger partial charge on any atom is -0.344 e. The Morgan fingerprint density at radius 1 is 1.33 bits per heavy atom. The van der Waals surface area contributed by atoms with Gasteiger partial charge in [0, 0.05) is 11.9 Å². The van der Waals surface area contributed by atoms with E-state index in [1.807, 2.05) is 13.8 Å². The van der Waals surface area contributed by atoms with E-state index in [2.05, 4.69) is 15.6 Å². The number of fused-ring (bicyclic) bond motifs is 1. The SMILES string of the molecule is CC(=O)N[C@H](C(=O)Nc1nc2ccc(Cl)cc2s1)C(C)C. The van der Waals surface area contributed by atoms with Crippen LogP contribution in [0.5, 0.6) is 0 Å². The monoisotopic (exact) mass is 325 g/mol. The summed E-state index contributed by atoms with van der Waals surface area (Å²) in [6.45, 7) is 5.14. The normalized spacial score (nSPS) is 12.4. The Kier molecular flexibility index (Phi) is 4.80. The lowest BCUT2D eigenvalue weighted by Gasteiger charge is -2.19. The topological polar surface area (TPSA) is 71.1 Å². The molecule has 2 aromatic rings. The van der Waals surface area contributed by atoms with Gasteiger partial charge in [0.25, 0.3) is 0 Å². The molecule has 112 valence electrons. The molecular formula is C14H16ClN3O2S. The second-order valence-electron chi connectivity index (χ2n) is 5.04. The third kappa shape index (κ3) is 3.92. The summed E-state index contributed by atoms with van der Waals surface area (Å²) in [6.07, 6.45) is 0. The summed E-state index contributed by atoms with van der Waals surface area (Å²) in [6, 6.07) is 4.77. The standard InChI is InChI=1S/C14H16ClN3O2S/c1-7(2)12(16-8(3)19)13(20)18-14-17-10-5-4-9(15)6-11(10)21-14/h4-7,12H,1-3H3,(H,16,19)(H,17,18,20)/t12-/m0/s1. The highest BCUT2D eigenvalue weighted by molar-refractivity contribution is 7.22. The highest BCUT2D eigenvalue weighted by atomic mass is 35.5. The number of carbonyl (C=O) groups is 2. The summed E-state index contributed by atoms with van der Waals surface area (Å²) in [5, 5.41) is 6.52. The summed E-state index contributed by atoms with van der Waals surface area (Å²) in [4.78, 5) is 27.8. The van der Waals surface area contributed by atoms with Gasteiger partial charge in [0.1, 0.15) is 6.04 Å². The van der Waals surface area contributed by atoms with Crippen molar-refractivity contribution in [2.24, 2.45) is 5.92 Å². The number of benzene rings is 1. The van der Waals surface area contributed by atoms with Crippen molar-refractivity contribution in [1.82, 2.24) is 10.3 Å². The molecule has 1 heterocycles. The van der Waals surface area contributed by atoms with Crippen LogP contribution in [0.1, 0.15) is 20.8 Å². The molecule has 0 aliphatic carbocycles. The van der Waals surface area contributed by atoms with E-state index in [9.17, 15) is 9.59 Å². The van der Waals surface area contributed by atoms with Gasteiger partial charge in [-0.3, -0.25) is 9.59 Å². The highest BCUT2D eigenvalue weighted by Gasteiger charge is 2.23. The Morgan fingerprint density at radius 2 is 2.05 bits per heavy atom. The van der Waals surface area contributed by atoms with Crippen LogP contribution < -0.4 is 10.6 Å². The van der Waals surface area contributed by atoms with Crippen molar-refractivity contribution < 1.29 is 9.59 Å². The third-order valence-corrected chi connectivity index (χ3v) is 4.06. The van der Waals surface area contributed by atoms with E-state index < -0.39 is 6.04 Å². The van der Waals surface area contributed by atoms with Crippen LogP contribution in [0.25, 0.3) is 10.2 Å². The molecule has 0 unspecified atom stereocenters. The first-order valence-electron chi connectivity index (χ1n) is 6.51. The Bertz CT molecular complexity index is 684. The minimum absolute atomic E-state index is 0.0160. The van der Waals surface area contributed by atoms with Crippen LogP contribution in [-0.2, 0) is 9.59 Å². The number of hydrogen-bond donors (Lipinski definition) is 2. The molecule has 0 radical (unpaired) electrons. The minimum atomic E-state index is -0.585. The summed E-state index contributed by atoms with van der Waals surface area (Å²) in [5.41, 5.74) is 0.778. The molecule has 1 atom stereocenters. The molecule has 7 heteroatoms. The molecule has 2 amide bonds. The molecule has 0 aliphatic heterocycles. The smallest absolute Gasteiger partial charge is 0.248 e. The number of nitrogens with one attached hydrogen (secondary N) is 2. The molecule has 1 aromatic heterocycles. The van der Waals surface area contributed by atoms with Gasteiger partial charge in [-0.25, -0.2) is 4.98 Å². The fraction of sp³-hybridized carbons (Fsp3) is 0.357. The predicted octanol–water partition coefficient (Wildman–Crippen LogP) is 3.05. The summed E-state index contributed by atoms with van der Waals surface area (Å²) in [7, 11) is 0. The fourth-order valence-corrected chi connectivity index (χ4v) is 3.03. The lowest BCUT2D eigenvalue weighted by molar-refractivity contribution is -0.126. The summed E-state index contributed by atoms with van der Waals surface area (Å²) in [5.74, 6) is -0.525. The third-order valence-electron chi connectivity index (χ3n) is 2.89. The van der Waals surface area contributed by atoms with E-state index in [0.717, 1.165) is 10.2 Å². The van der Waals surface area contributed by atoms with Crippen LogP contribution in [-0.4, -0.2) is 22.8 Å². The first-order valence-corrected chi connectivity index (χ1v) is 7.70. The average molecular weight is 326 g/mol. The Balaban J connectivity index is 2.17. The first-order chi connectivity index (χ1) is 9.86. The van der Waals surface area contributed by atoms with Crippen molar-refractivity contribution in [3.8, 4) is 0 Å². The molecule has 0 aliphatic rings. The van der Waals surface area contributed by atoms with Gasteiger partial charge in [-0.05, 0) is 24.1 Å². The average Bonchev–Trinajstić information content (AvgIpc) is 2.76. The molecule has 0 bridgehead atoms. The number of anilines is 1. The van der Waals surface area contributed by atoms with Crippen LogP contribution in [0.4, 0.5) is 5.13 Å². The second kappa shape index (κ2) is 6.41. The molecular weight excluding hydrogens is 310 g/mol. The molecule has 21 heavy (non-hydrogen) atoms. The molecule has 0 saturated carbocycles. The summed E-state index contributed by atoms with van der Waals surface area (Å²) < 4.78 is 0.901. The highest BCUT2D eigenvalue weighted by Crippen LogP contribution is 2.28.